The molecule has 0 bridgehead atoms. The summed E-state index contributed by atoms with van der Waals surface area (Å²) >= 11 is 0. The van der Waals surface area contributed by atoms with Gasteiger partial charge in [-0.1, -0.05) is 30.3 Å². The zero-order valence-corrected chi connectivity index (χ0v) is 16.1. The van der Waals surface area contributed by atoms with Crippen LogP contribution in [0.15, 0.2) is 90.6 Å². The molecule has 3 rings (SSSR count). The Labute approximate surface area is 176 Å². The second-order valence-electron chi connectivity index (χ2n) is 6.38. The molecule has 0 spiro atoms. The van der Waals surface area contributed by atoms with Gasteiger partial charge in [-0.3, -0.25) is 4.79 Å². The number of rotatable bonds is 6. The van der Waals surface area contributed by atoms with Gasteiger partial charge in [-0.05, 0) is 48.5 Å². The van der Waals surface area contributed by atoms with Crippen molar-refractivity contribution in [1.29, 1.82) is 5.26 Å². The summed E-state index contributed by atoms with van der Waals surface area (Å²) in [6.45, 7) is 0. The molecule has 0 aliphatic carbocycles. The summed E-state index contributed by atoms with van der Waals surface area (Å²) in [6.07, 6.45) is -3.49. The fraction of sp³-hybridized carbons (Fsp3) is 0.0435. The van der Waals surface area contributed by atoms with E-state index in [4.69, 9.17) is 0 Å². The standard InChI is InChI=1S/C23H17F3N4O/c24-23(25,26)20-8-4-5-9-21(20)30-22(31)16(14-27)15-28-17-10-12-19(13-11-17)29-18-6-2-1-3-7-18/h1-13,15,28-29H,(H,30,31)/b16-15-. The van der Waals surface area contributed by atoms with Crippen molar-refractivity contribution in [3.63, 3.8) is 0 Å². The Hall–Kier alpha value is -4.25. The van der Waals surface area contributed by atoms with Crippen LogP contribution in [0.4, 0.5) is 35.9 Å². The van der Waals surface area contributed by atoms with E-state index in [2.05, 4.69) is 16.0 Å². The predicted molar refractivity (Wildman–Crippen MR) is 114 cm³/mol. The lowest BCUT2D eigenvalue weighted by Crippen LogP contribution is -2.18. The monoisotopic (exact) mass is 422 g/mol. The molecule has 3 N–H and O–H groups in total. The van der Waals surface area contributed by atoms with Crippen LogP contribution in [0.25, 0.3) is 0 Å². The van der Waals surface area contributed by atoms with Gasteiger partial charge in [-0.15, -0.1) is 0 Å². The van der Waals surface area contributed by atoms with Crippen LogP contribution in [0.2, 0.25) is 0 Å². The molecule has 0 heterocycles. The van der Waals surface area contributed by atoms with E-state index in [9.17, 15) is 23.2 Å². The van der Waals surface area contributed by atoms with Crippen LogP contribution in [-0.2, 0) is 11.0 Å². The van der Waals surface area contributed by atoms with Gasteiger partial charge in [0.2, 0.25) is 0 Å². The van der Waals surface area contributed by atoms with Crippen LogP contribution >= 0.6 is 0 Å². The van der Waals surface area contributed by atoms with Gasteiger partial charge in [0, 0.05) is 23.3 Å². The lowest BCUT2D eigenvalue weighted by molar-refractivity contribution is -0.137. The molecule has 0 aliphatic heterocycles. The summed E-state index contributed by atoms with van der Waals surface area (Å²) in [5, 5.41) is 17.4. The number of alkyl halides is 3. The maximum absolute atomic E-state index is 13.1. The van der Waals surface area contributed by atoms with E-state index in [1.165, 1.54) is 12.1 Å². The van der Waals surface area contributed by atoms with Crippen LogP contribution in [0, 0.1) is 11.3 Å². The third-order valence-corrected chi connectivity index (χ3v) is 4.18. The number of hydrogen-bond donors (Lipinski definition) is 3. The van der Waals surface area contributed by atoms with Gasteiger partial charge in [0.1, 0.15) is 11.6 Å². The number of halogens is 3. The Morgan fingerprint density at radius 3 is 2.06 bits per heavy atom. The van der Waals surface area contributed by atoms with Gasteiger partial charge in [0.05, 0.1) is 11.3 Å². The van der Waals surface area contributed by atoms with Crippen molar-refractivity contribution < 1.29 is 18.0 Å². The maximum atomic E-state index is 13.1. The van der Waals surface area contributed by atoms with Gasteiger partial charge in [0.15, 0.2) is 0 Å². The Morgan fingerprint density at radius 1 is 0.839 bits per heavy atom. The number of para-hydroxylation sites is 2. The molecule has 0 saturated heterocycles. The summed E-state index contributed by atoms with van der Waals surface area (Å²) in [5.41, 5.74) is 0.569. The van der Waals surface area contributed by atoms with E-state index in [-0.39, 0.29) is 5.57 Å². The summed E-state index contributed by atoms with van der Waals surface area (Å²) < 4.78 is 39.2. The molecular weight excluding hydrogens is 405 g/mol. The Kier molecular flexibility index (Phi) is 6.58. The highest BCUT2D eigenvalue weighted by Gasteiger charge is 2.33. The molecule has 31 heavy (non-hydrogen) atoms. The molecule has 8 heteroatoms. The second-order valence-corrected chi connectivity index (χ2v) is 6.38. The quantitative estimate of drug-likeness (QED) is 0.341. The number of anilines is 4. The Balaban J connectivity index is 1.67. The molecule has 0 aliphatic rings. The highest BCUT2D eigenvalue weighted by atomic mass is 19.4. The lowest BCUT2D eigenvalue weighted by atomic mass is 10.1. The van der Waals surface area contributed by atoms with E-state index in [1.807, 2.05) is 30.3 Å². The molecule has 5 nitrogen and oxygen atoms in total. The molecular formula is C23H17F3N4O. The number of nitriles is 1. The highest BCUT2D eigenvalue weighted by molar-refractivity contribution is 6.07. The molecule has 0 saturated carbocycles. The molecule has 3 aromatic rings. The molecule has 3 aromatic carbocycles. The zero-order chi connectivity index (χ0) is 22.3. The van der Waals surface area contributed by atoms with Crippen LogP contribution in [-0.4, -0.2) is 5.91 Å². The molecule has 0 atom stereocenters. The SMILES string of the molecule is N#C/C(=C/Nc1ccc(Nc2ccccc2)cc1)C(=O)Nc1ccccc1C(F)(F)F. The van der Waals surface area contributed by atoms with Gasteiger partial charge in [-0.25, -0.2) is 0 Å². The van der Waals surface area contributed by atoms with Crippen molar-refractivity contribution in [3.8, 4) is 6.07 Å². The minimum absolute atomic E-state index is 0.372. The molecule has 156 valence electrons. The minimum atomic E-state index is -4.63. The smallest absolute Gasteiger partial charge is 0.360 e. The maximum Gasteiger partial charge on any atom is 0.418 e. The number of amides is 1. The average Bonchev–Trinajstić information content (AvgIpc) is 2.76. The fourth-order valence-corrected chi connectivity index (χ4v) is 2.67. The van der Waals surface area contributed by atoms with Crippen LogP contribution in [0.5, 0.6) is 0 Å². The molecule has 0 aromatic heterocycles. The van der Waals surface area contributed by atoms with E-state index in [1.54, 1.807) is 30.3 Å². The minimum Gasteiger partial charge on any atom is -0.360 e. The van der Waals surface area contributed by atoms with E-state index < -0.39 is 23.3 Å². The lowest BCUT2D eigenvalue weighted by Gasteiger charge is -2.13. The van der Waals surface area contributed by atoms with E-state index in [0.29, 0.717) is 5.69 Å². The van der Waals surface area contributed by atoms with Crippen molar-refractivity contribution in [1.82, 2.24) is 0 Å². The van der Waals surface area contributed by atoms with Crippen molar-refractivity contribution in [2.24, 2.45) is 0 Å². The van der Waals surface area contributed by atoms with Gasteiger partial charge >= 0.3 is 6.18 Å². The molecule has 0 unspecified atom stereocenters. The average molecular weight is 422 g/mol. The van der Waals surface area contributed by atoms with Crippen LogP contribution in [0.3, 0.4) is 0 Å². The van der Waals surface area contributed by atoms with Crippen molar-refractivity contribution in [3.05, 3.63) is 96.2 Å². The van der Waals surface area contributed by atoms with Gasteiger partial charge in [-0.2, -0.15) is 18.4 Å². The third-order valence-electron chi connectivity index (χ3n) is 4.18. The topological polar surface area (TPSA) is 77.0 Å². The van der Waals surface area contributed by atoms with Gasteiger partial charge < -0.3 is 16.0 Å². The largest absolute Gasteiger partial charge is 0.418 e. The number of carbonyl (C=O) groups is 1. The number of nitrogens with zero attached hydrogens (tertiary/aromatic N) is 1. The van der Waals surface area contributed by atoms with Crippen molar-refractivity contribution in [2.75, 3.05) is 16.0 Å². The number of carbonyl (C=O) groups excluding carboxylic acids is 1. The first-order chi connectivity index (χ1) is 14.9. The van der Waals surface area contributed by atoms with Gasteiger partial charge in [0.25, 0.3) is 5.91 Å². The fourth-order valence-electron chi connectivity index (χ4n) is 2.67. The molecule has 0 fully saturated rings. The van der Waals surface area contributed by atoms with Crippen molar-refractivity contribution in [2.45, 2.75) is 6.18 Å². The summed E-state index contributed by atoms with van der Waals surface area (Å²) in [7, 11) is 0. The predicted octanol–water partition coefficient (Wildman–Crippen LogP) is 5.91. The first kappa shape index (κ1) is 21.5. The van der Waals surface area contributed by atoms with E-state index in [0.717, 1.165) is 29.7 Å². The highest BCUT2D eigenvalue weighted by Crippen LogP contribution is 2.34. The van der Waals surface area contributed by atoms with Crippen LogP contribution < -0.4 is 16.0 Å². The third kappa shape index (κ3) is 5.87. The van der Waals surface area contributed by atoms with Crippen molar-refractivity contribution >= 4 is 28.7 Å². The number of benzene rings is 3. The molecule has 0 radical (unpaired) electrons. The summed E-state index contributed by atoms with van der Waals surface area (Å²) in [4.78, 5) is 12.3. The van der Waals surface area contributed by atoms with E-state index >= 15 is 0 Å². The summed E-state index contributed by atoms with van der Waals surface area (Å²) in [5.74, 6) is -0.950. The Morgan fingerprint density at radius 2 is 1.42 bits per heavy atom. The summed E-state index contributed by atoms with van der Waals surface area (Å²) in [6, 6.07) is 22.9. The first-order valence-electron chi connectivity index (χ1n) is 9.13. The first-order valence-corrected chi connectivity index (χ1v) is 9.13. The zero-order valence-electron chi connectivity index (χ0n) is 16.1. The number of hydrogen-bond acceptors (Lipinski definition) is 4. The second kappa shape index (κ2) is 9.50. The Bertz CT molecular complexity index is 1120. The van der Waals surface area contributed by atoms with Crippen LogP contribution in [0.1, 0.15) is 5.56 Å². The molecule has 1 amide bonds. The number of nitrogens with one attached hydrogen (secondary N) is 3. The normalized spacial score (nSPS) is 11.4.